The molecule has 0 spiro atoms. The zero-order valence-corrected chi connectivity index (χ0v) is 18.5. The number of rotatable bonds is 14. The Labute approximate surface area is 195 Å². The summed E-state index contributed by atoms with van der Waals surface area (Å²) in [6, 6.07) is 3.39. The van der Waals surface area contributed by atoms with Crippen molar-refractivity contribution in [3.8, 4) is 0 Å². The topological polar surface area (TPSA) is 231 Å². The van der Waals surface area contributed by atoms with Crippen molar-refractivity contribution in [1.82, 2.24) is 16.0 Å². The van der Waals surface area contributed by atoms with Crippen LogP contribution in [0.15, 0.2) is 30.3 Å². The molecule has 34 heavy (non-hydrogen) atoms. The van der Waals surface area contributed by atoms with Crippen molar-refractivity contribution >= 4 is 35.6 Å². The minimum Gasteiger partial charge on any atom is -0.481 e. The molecule has 0 saturated heterocycles. The monoisotopic (exact) mass is 479 g/mol. The number of benzene rings is 1. The van der Waals surface area contributed by atoms with Crippen LogP contribution in [0, 0.1) is 0 Å². The van der Waals surface area contributed by atoms with Crippen molar-refractivity contribution in [2.45, 2.75) is 56.8 Å². The third kappa shape index (κ3) is 10.1. The first-order chi connectivity index (χ1) is 15.9. The van der Waals surface area contributed by atoms with Gasteiger partial charge in [-0.05, 0) is 18.9 Å². The molecular formula is C21H29N5O8. The van der Waals surface area contributed by atoms with Crippen LogP contribution in [-0.4, -0.2) is 69.9 Å². The first-order valence-electron chi connectivity index (χ1n) is 10.3. The summed E-state index contributed by atoms with van der Waals surface area (Å²) < 4.78 is 0. The minimum absolute atomic E-state index is 0.0341. The highest BCUT2D eigenvalue weighted by atomic mass is 16.4. The highest BCUT2D eigenvalue weighted by molar-refractivity contribution is 5.96. The van der Waals surface area contributed by atoms with Crippen LogP contribution in [0.3, 0.4) is 0 Å². The van der Waals surface area contributed by atoms with Gasteiger partial charge in [0.25, 0.3) is 0 Å². The summed E-state index contributed by atoms with van der Waals surface area (Å²) in [5, 5.41) is 24.9. The van der Waals surface area contributed by atoms with Gasteiger partial charge in [0.1, 0.15) is 18.1 Å². The van der Waals surface area contributed by atoms with E-state index in [1.807, 2.05) is 0 Å². The van der Waals surface area contributed by atoms with Gasteiger partial charge >= 0.3 is 11.9 Å². The van der Waals surface area contributed by atoms with Gasteiger partial charge in [0, 0.05) is 12.8 Å². The summed E-state index contributed by atoms with van der Waals surface area (Å²) in [7, 11) is 0. The number of nitrogens with two attached hydrogens (primary N) is 2. The number of aliphatic carboxylic acids is 2. The second-order valence-electron chi connectivity index (χ2n) is 7.60. The average Bonchev–Trinajstić information content (AvgIpc) is 2.75. The van der Waals surface area contributed by atoms with E-state index in [-0.39, 0.29) is 6.42 Å². The van der Waals surface area contributed by atoms with Crippen LogP contribution < -0.4 is 27.4 Å². The Morgan fingerprint density at radius 3 is 1.88 bits per heavy atom. The zero-order chi connectivity index (χ0) is 25.8. The highest BCUT2D eigenvalue weighted by Crippen LogP contribution is 2.06. The number of nitrogens with one attached hydrogen (secondary N) is 3. The Hall–Kier alpha value is -4.00. The van der Waals surface area contributed by atoms with Crippen molar-refractivity contribution in [1.29, 1.82) is 0 Å². The van der Waals surface area contributed by atoms with Crippen molar-refractivity contribution < 1.29 is 39.0 Å². The third-order valence-corrected chi connectivity index (χ3v) is 4.63. The molecule has 0 fully saturated rings. The lowest BCUT2D eigenvalue weighted by atomic mass is 10.0. The largest absolute Gasteiger partial charge is 0.481 e. The van der Waals surface area contributed by atoms with Crippen LogP contribution in [0.5, 0.6) is 0 Å². The molecule has 0 bridgehead atoms. The number of primary amides is 1. The Morgan fingerprint density at radius 2 is 1.38 bits per heavy atom. The number of hydrogen-bond acceptors (Lipinski definition) is 7. The second kappa shape index (κ2) is 13.5. The van der Waals surface area contributed by atoms with Crippen molar-refractivity contribution in [3.05, 3.63) is 35.9 Å². The lowest BCUT2D eigenvalue weighted by molar-refractivity contribution is -0.143. The standard InChI is InChI=1S/C21H29N5O8/c1-11(22)18(30)25-14(9-12-5-3-2-4-6-12)19(31)26-15(10-16(23)27)20(32)24-13(21(33)34)7-8-17(28)29/h2-6,11,13-15H,7-10,22H2,1H3,(H2,23,27)(H,24,32)(H,25,30)(H,26,31)(H,28,29)(H,33,34). The lowest BCUT2D eigenvalue weighted by Gasteiger charge is -2.24. The minimum atomic E-state index is -1.58. The molecule has 13 heteroatoms. The van der Waals surface area contributed by atoms with Crippen molar-refractivity contribution in [3.63, 3.8) is 0 Å². The lowest BCUT2D eigenvalue weighted by Crippen LogP contribution is -2.58. The molecule has 4 amide bonds. The first kappa shape index (κ1) is 28.0. The Bertz CT molecular complexity index is 906. The summed E-state index contributed by atoms with van der Waals surface area (Å²) >= 11 is 0. The molecular weight excluding hydrogens is 450 g/mol. The fourth-order valence-corrected chi connectivity index (χ4v) is 2.84. The van der Waals surface area contributed by atoms with E-state index in [2.05, 4.69) is 16.0 Å². The highest BCUT2D eigenvalue weighted by Gasteiger charge is 2.31. The van der Waals surface area contributed by atoms with E-state index in [9.17, 15) is 33.9 Å². The van der Waals surface area contributed by atoms with Crippen molar-refractivity contribution in [2.75, 3.05) is 0 Å². The predicted molar refractivity (Wildman–Crippen MR) is 118 cm³/mol. The first-order valence-corrected chi connectivity index (χ1v) is 10.3. The zero-order valence-electron chi connectivity index (χ0n) is 18.5. The Kier molecular flexibility index (Phi) is 11.2. The smallest absolute Gasteiger partial charge is 0.326 e. The number of hydrogen-bond donors (Lipinski definition) is 7. The second-order valence-corrected chi connectivity index (χ2v) is 7.60. The van der Waals surface area contributed by atoms with Gasteiger partial charge < -0.3 is 37.6 Å². The van der Waals surface area contributed by atoms with E-state index in [1.165, 1.54) is 6.92 Å². The van der Waals surface area contributed by atoms with Crippen LogP contribution in [0.1, 0.15) is 31.7 Å². The van der Waals surface area contributed by atoms with Gasteiger partial charge in [-0.1, -0.05) is 30.3 Å². The predicted octanol–water partition coefficient (Wildman–Crippen LogP) is -2.14. The quantitative estimate of drug-likeness (QED) is 0.154. The molecule has 4 atom stereocenters. The maximum Gasteiger partial charge on any atom is 0.326 e. The van der Waals surface area contributed by atoms with Crippen LogP contribution in [0.4, 0.5) is 0 Å². The van der Waals surface area contributed by atoms with Crippen LogP contribution in [0.25, 0.3) is 0 Å². The molecule has 0 aliphatic rings. The molecule has 1 rings (SSSR count). The Morgan fingerprint density at radius 1 is 0.853 bits per heavy atom. The molecule has 4 unspecified atom stereocenters. The molecule has 0 saturated carbocycles. The summed E-state index contributed by atoms with van der Waals surface area (Å²) in [5.41, 5.74) is 11.4. The van der Waals surface area contributed by atoms with E-state index >= 15 is 0 Å². The number of carboxylic acid groups (broad SMARTS) is 2. The molecule has 186 valence electrons. The van der Waals surface area contributed by atoms with Gasteiger partial charge in [-0.15, -0.1) is 0 Å². The summed E-state index contributed by atoms with van der Waals surface area (Å²) in [4.78, 5) is 71.3. The van der Waals surface area contributed by atoms with E-state index < -0.39 is 79.0 Å². The van der Waals surface area contributed by atoms with Gasteiger partial charge in [-0.2, -0.15) is 0 Å². The molecule has 0 heterocycles. The molecule has 0 aliphatic heterocycles. The van der Waals surface area contributed by atoms with E-state index in [0.717, 1.165) is 0 Å². The fraction of sp³-hybridized carbons (Fsp3) is 0.429. The molecule has 9 N–H and O–H groups in total. The number of amides is 4. The van der Waals surface area contributed by atoms with Gasteiger partial charge in [-0.3, -0.25) is 24.0 Å². The maximum atomic E-state index is 12.9. The maximum absolute atomic E-state index is 12.9. The van der Waals surface area contributed by atoms with Crippen molar-refractivity contribution in [2.24, 2.45) is 11.5 Å². The van der Waals surface area contributed by atoms with E-state index in [0.29, 0.717) is 5.56 Å². The van der Waals surface area contributed by atoms with Crippen LogP contribution in [-0.2, 0) is 35.2 Å². The number of carbonyl (C=O) groups is 6. The van der Waals surface area contributed by atoms with E-state index in [4.69, 9.17) is 16.6 Å². The molecule has 0 aliphatic carbocycles. The summed E-state index contributed by atoms with van der Waals surface area (Å²) in [6.07, 6.45) is -1.59. The normalized spacial score (nSPS) is 14.1. The van der Waals surface area contributed by atoms with Gasteiger partial charge in [0.15, 0.2) is 0 Å². The molecule has 0 radical (unpaired) electrons. The van der Waals surface area contributed by atoms with E-state index in [1.54, 1.807) is 30.3 Å². The third-order valence-electron chi connectivity index (χ3n) is 4.63. The average molecular weight is 479 g/mol. The number of carboxylic acids is 2. The summed E-state index contributed by atoms with van der Waals surface area (Å²) in [5.74, 6) is -6.25. The SMILES string of the molecule is CC(N)C(=O)NC(Cc1ccccc1)C(=O)NC(CC(N)=O)C(=O)NC(CCC(=O)O)C(=O)O. The van der Waals surface area contributed by atoms with Gasteiger partial charge in [0.2, 0.25) is 23.6 Å². The fourth-order valence-electron chi connectivity index (χ4n) is 2.84. The van der Waals surface area contributed by atoms with Gasteiger partial charge in [-0.25, -0.2) is 4.79 Å². The van der Waals surface area contributed by atoms with Crippen LogP contribution in [0.2, 0.25) is 0 Å². The van der Waals surface area contributed by atoms with Gasteiger partial charge in [0.05, 0.1) is 12.5 Å². The summed E-state index contributed by atoms with van der Waals surface area (Å²) in [6.45, 7) is 1.42. The molecule has 0 aromatic heterocycles. The molecule has 1 aromatic rings. The number of carbonyl (C=O) groups excluding carboxylic acids is 4. The molecule has 1 aromatic carbocycles. The van der Waals surface area contributed by atoms with Crippen LogP contribution >= 0.6 is 0 Å². The Balaban J connectivity index is 3.05. The molecule has 13 nitrogen and oxygen atoms in total.